The Labute approximate surface area is 270 Å². The Morgan fingerprint density at radius 3 is 2.66 bits per heavy atom. The minimum absolute atomic E-state index is 0.0243. The molecule has 2 unspecified atom stereocenters. The lowest BCUT2D eigenvalue weighted by Crippen LogP contribution is -2.51. The molecule has 2 aromatic heterocycles. The molecule has 2 aromatic carbocycles. The standard InChI is InChI=1S/C36H36F2N6O3/c1-2-26-28(38)9-4-20-12-25(45)13-27(31(20)26)30-14-29-32(34(46)44(30)24-7-8-24)33(42-17-22-5-6-23(18-42)39-22)41-35(40-29)47-19-36-10-3-11-43(36)16-21(37)15-36/h1,4,9,12-14,21-24,39,45H,3,5-8,10-11,15-19H2/t21-,22?,23?,36+/m1/s1. The van der Waals surface area contributed by atoms with Gasteiger partial charge in [-0.2, -0.15) is 9.97 Å². The molecular weight excluding hydrogens is 602 g/mol. The number of nitrogens with zero attached hydrogens (tertiary/aromatic N) is 5. The zero-order chi connectivity index (χ0) is 32.0. The molecule has 4 aromatic rings. The number of fused-ring (bicyclic) bond motifs is 5. The maximum Gasteiger partial charge on any atom is 0.319 e. The molecule has 4 aliphatic heterocycles. The number of alkyl halides is 1. The first-order valence-corrected chi connectivity index (χ1v) is 16.7. The third-order valence-electron chi connectivity index (χ3n) is 11.0. The third-order valence-corrected chi connectivity index (χ3v) is 11.0. The summed E-state index contributed by atoms with van der Waals surface area (Å²) in [7, 11) is 0. The van der Waals surface area contributed by atoms with Crippen LogP contribution in [0.4, 0.5) is 14.6 Å². The summed E-state index contributed by atoms with van der Waals surface area (Å²) in [5, 5.41) is 15.9. The van der Waals surface area contributed by atoms with E-state index in [1.54, 1.807) is 16.7 Å². The highest BCUT2D eigenvalue weighted by atomic mass is 19.1. The van der Waals surface area contributed by atoms with E-state index in [9.17, 15) is 14.3 Å². The van der Waals surface area contributed by atoms with Gasteiger partial charge in [0, 0.05) is 55.1 Å². The van der Waals surface area contributed by atoms with Gasteiger partial charge in [-0.05, 0) is 74.7 Å². The Morgan fingerprint density at radius 1 is 1.09 bits per heavy atom. The number of hydrogen-bond donors (Lipinski definition) is 2. The normalized spacial score (nSPS) is 27.1. The van der Waals surface area contributed by atoms with Crippen LogP contribution in [0.3, 0.4) is 0 Å². The van der Waals surface area contributed by atoms with Gasteiger partial charge in [-0.1, -0.05) is 12.0 Å². The monoisotopic (exact) mass is 638 g/mol. The van der Waals surface area contributed by atoms with Crippen molar-refractivity contribution in [2.75, 3.05) is 37.7 Å². The summed E-state index contributed by atoms with van der Waals surface area (Å²) in [6, 6.07) is 8.47. The summed E-state index contributed by atoms with van der Waals surface area (Å²) in [5.41, 5.74) is 0.807. The lowest BCUT2D eigenvalue weighted by atomic mass is 9.95. The number of halogens is 2. The molecule has 11 heteroatoms. The van der Waals surface area contributed by atoms with Gasteiger partial charge in [0.05, 0.1) is 22.3 Å². The third kappa shape index (κ3) is 4.67. The number of aromatic nitrogens is 3. The van der Waals surface area contributed by atoms with E-state index in [1.807, 2.05) is 6.07 Å². The molecule has 9 rings (SSSR count). The molecule has 5 fully saturated rings. The highest BCUT2D eigenvalue weighted by Crippen LogP contribution is 2.44. The number of aromatic hydroxyl groups is 1. The van der Waals surface area contributed by atoms with Crippen molar-refractivity contribution < 1.29 is 18.6 Å². The summed E-state index contributed by atoms with van der Waals surface area (Å²) in [6.45, 7) is 2.93. The quantitative estimate of drug-likeness (QED) is 0.295. The number of ether oxygens (including phenoxy) is 1. The van der Waals surface area contributed by atoms with E-state index in [0.29, 0.717) is 76.9 Å². The van der Waals surface area contributed by atoms with Gasteiger partial charge in [-0.3, -0.25) is 9.69 Å². The first-order chi connectivity index (χ1) is 22.8. The molecule has 1 aliphatic carbocycles. The maximum atomic E-state index is 15.1. The minimum Gasteiger partial charge on any atom is -0.508 e. The van der Waals surface area contributed by atoms with Crippen molar-refractivity contribution in [2.24, 2.45) is 0 Å². The second-order valence-electron chi connectivity index (χ2n) is 14.1. The van der Waals surface area contributed by atoms with E-state index < -0.39 is 12.0 Å². The second-order valence-corrected chi connectivity index (χ2v) is 14.1. The molecule has 47 heavy (non-hydrogen) atoms. The fourth-order valence-corrected chi connectivity index (χ4v) is 8.77. The van der Waals surface area contributed by atoms with Crippen LogP contribution in [-0.2, 0) is 0 Å². The van der Waals surface area contributed by atoms with Crippen molar-refractivity contribution in [2.45, 2.75) is 74.8 Å². The topological polar surface area (TPSA) is 95.8 Å². The van der Waals surface area contributed by atoms with Crippen LogP contribution in [0, 0.1) is 18.2 Å². The molecule has 5 aliphatic rings. The largest absolute Gasteiger partial charge is 0.508 e. The van der Waals surface area contributed by atoms with E-state index in [1.165, 1.54) is 12.1 Å². The lowest BCUT2D eigenvalue weighted by molar-refractivity contribution is 0.107. The van der Waals surface area contributed by atoms with Crippen LogP contribution >= 0.6 is 0 Å². The molecule has 242 valence electrons. The Bertz CT molecular complexity index is 2050. The zero-order valence-electron chi connectivity index (χ0n) is 26.0. The zero-order valence-corrected chi connectivity index (χ0v) is 26.0. The van der Waals surface area contributed by atoms with Gasteiger partial charge in [-0.15, -0.1) is 6.42 Å². The smallest absolute Gasteiger partial charge is 0.319 e. The van der Waals surface area contributed by atoms with Crippen molar-refractivity contribution in [3.05, 3.63) is 52.1 Å². The summed E-state index contributed by atoms with van der Waals surface area (Å²) in [6.07, 6.45) is 10.9. The molecule has 4 saturated heterocycles. The molecule has 9 nitrogen and oxygen atoms in total. The average molecular weight is 639 g/mol. The predicted molar refractivity (Wildman–Crippen MR) is 175 cm³/mol. The highest BCUT2D eigenvalue weighted by Gasteiger charge is 2.49. The van der Waals surface area contributed by atoms with E-state index in [4.69, 9.17) is 21.1 Å². The van der Waals surface area contributed by atoms with Gasteiger partial charge < -0.3 is 24.6 Å². The molecule has 0 spiro atoms. The molecule has 0 amide bonds. The number of benzene rings is 2. The highest BCUT2D eigenvalue weighted by molar-refractivity contribution is 6.03. The van der Waals surface area contributed by atoms with Gasteiger partial charge in [0.1, 0.15) is 35.5 Å². The van der Waals surface area contributed by atoms with Crippen LogP contribution < -0.4 is 20.5 Å². The number of pyridine rings is 1. The van der Waals surface area contributed by atoms with Crippen LogP contribution in [0.5, 0.6) is 11.8 Å². The van der Waals surface area contributed by atoms with Gasteiger partial charge in [0.2, 0.25) is 0 Å². The number of nitrogens with one attached hydrogen (secondary N) is 1. The van der Waals surface area contributed by atoms with Gasteiger partial charge in [0.15, 0.2) is 0 Å². The van der Waals surface area contributed by atoms with Crippen molar-refractivity contribution in [3.63, 3.8) is 0 Å². The fraction of sp³-hybridized carbons (Fsp3) is 0.472. The Morgan fingerprint density at radius 2 is 1.89 bits per heavy atom. The molecule has 4 atom stereocenters. The molecular formula is C36H36F2N6O3. The predicted octanol–water partition coefficient (Wildman–Crippen LogP) is 4.67. The SMILES string of the molecule is C#Cc1c(F)ccc2cc(O)cc(-c3cc4nc(OC[C@@]56CCCN5C[C@H](F)C6)nc(N5CC6CCC(C5)N6)c4c(=O)n3C3CC3)c12. The molecule has 2 N–H and O–H groups in total. The molecule has 2 bridgehead atoms. The van der Waals surface area contributed by atoms with Crippen LogP contribution in [0.2, 0.25) is 0 Å². The summed E-state index contributed by atoms with van der Waals surface area (Å²) < 4.78 is 37.8. The number of rotatable bonds is 6. The first-order valence-electron chi connectivity index (χ1n) is 16.7. The molecule has 6 heterocycles. The first kappa shape index (κ1) is 28.9. The van der Waals surface area contributed by atoms with Gasteiger partial charge >= 0.3 is 6.01 Å². The van der Waals surface area contributed by atoms with E-state index in [2.05, 4.69) is 21.0 Å². The van der Waals surface area contributed by atoms with E-state index >= 15 is 4.39 Å². The molecule has 1 saturated carbocycles. The average Bonchev–Trinajstić information content (AvgIpc) is 3.63. The van der Waals surface area contributed by atoms with Gasteiger partial charge in [0.25, 0.3) is 5.56 Å². The number of piperazine rings is 1. The molecule has 0 radical (unpaired) electrons. The number of phenols is 1. The summed E-state index contributed by atoms with van der Waals surface area (Å²) in [4.78, 5) is 28.8. The Kier molecular flexibility index (Phi) is 6.53. The summed E-state index contributed by atoms with van der Waals surface area (Å²) in [5.74, 6) is 2.46. The van der Waals surface area contributed by atoms with Crippen molar-refractivity contribution in [1.82, 2.24) is 24.8 Å². The van der Waals surface area contributed by atoms with Crippen LogP contribution in [0.15, 0.2) is 35.1 Å². The van der Waals surface area contributed by atoms with Crippen LogP contribution in [0.25, 0.3) is 32.9 Å². The maximum absolute atomic E-state index is 15.1. The second kappa shape index (κ2) is 10.6. The number of phenolic OH excluding ortho intramolecular Hbond substituents is 1. The number of hydrogen-bond acceptors (Lipinski definition) is 8. The van der Waals surface area contributed by atoms with Crippen LogP contribution in [-0.4, -0.2) is 81.1 Å². The van der Waals surface area contributed by atoms with Crippen molar-refractivity contribution in [3.8, 4) is 35.4 Å². The van der Waals surface area contributed by atoms with E-state index in [-0.39, 0.29) is 41.1 Å². The van der Waals surface area contributed by atoms with Crippen molar-refractivity contribution >= 4 is 27.5 Å². The minimum atomic E-state index is -0.887. The fourth-order valence-electron chi connectivity index (χ4n) is 8.77. The summed E-state index contributed by atoms with van der Waals surface area (Å²) >= 11 is 0. The number of anilines is 1. The van der Waals surface area contributed by atoms with Crippen molar-refractivity contribution in [1.29, 1.82) is 0 Å². The lowest BCUT2D eigenvalue weighted by Gasteiger charge is -2.34. The van der Waals surface area contributed by atoms with Crippen LogP contribution in [0.1, 0.15) is 56.6 Å². The Hall–Kier alpha value is -4.27. The number of terminal acetylenes is 1. The van der Waals surface area contributed by atoms with E-state index in [0.717, 1.165) is 45.1 Å². The Balaban J connectivity index is 1.25. The van der Waals surface area contributed by atoms with Gasteiger partial charge in [-0.25, -0.2) is 8.78 Å².